The lowest BCUT2D eigenvalue weighted by atomic mass is 10.1. The Balaban J connectivity index is 2.14. The Kier molecular flexibility index (Phi) is 8.53. The topological polar surface area (TPSA) is 38.0 Å². The Morgan fingerprint density at radius 1 is 0.944 bits per heavy atom. The van der Waals surface area contributed by atoms with Crippen LogP contribution >= 0.6 is 0 Å². The van der Waals surface area contributed by atoms with Crippen molar-refractivity contribution in [2.24, 2.45) is 5.73 Å². The van der Waals surface area contributed by atoms with Crippen molar-refractivity contribution in [3.05, 3.63) is 35.4 Å². The zero-order valence-corrected chi connectivity index (χ0v) is 11.8. The van der Waals surface area contributed by atoms with Crippen LogP contribution in [-0.2, 0) is 13.0 Å². The number of aryl methyl sites for hydroxylation is 1. The van der Waals surface area contributed by atoms with Gasteiger partial charge in [0.15, 0.2) is 0 Å². The fourth-order valence-electron chi connectivity index (χ4n) is 2.01. The Labute approximate surface area is 112 Å². The summed E-state index contributed by atoms with van der Waals surface area (Å²) in [6, 6.07) is 9.03. The van der Waals surface area contributed by atoms with Gasteiger partial charge in [-0.15, -0.1) is 0 Å². The van der Waals surface area contributed by atoms with Gasteiger partial charge < -0.3 is 11.1 Å². The molecule has 0 fully saturated rings. The molecule has 0 saturated carbocycles. The number of rotatable bonds is 10. The Bertz CT molecular complexity index is 292. The molecular weight excluding hydrogens is 220 g/mol. The highest BCUT2D eigenvalue weighted by atomic mass is 14.8. The predicted molar refractivity (Wildman–Crippen MR) is 79.7 cm³/mol. The molecular formula is C16H28N2. The van der Waals surface area contributed by atoms with E-state index in [1.807, 2.05) is 0 Å². The first-order chi connectivity index (χ1) is 8.86. The van der Waals surface area contributed by atoms with Crippen LogP contribution < -0.4 is 11.1 Å². The van der Waals surface area contributed by atoms with E-state index in [1.165, 1.54) is 43.2 Å². The third-order valence-corrected chi connectivity index (χ3v) is 3.23. The molecule has 3 N–H and O–H groups in total. The molecule has 18 heavy (non-hydrogen) atoms. The molecule has 0 atom stereocenters. The van der Waals surface area contributed by atoms with E-state index in [-0.39, 0.29) is 0 Å². The van der Waals surface area contributed by atoms with Crippen LogP contribution in [0.2, 0.25) is 0 Å². The molecule has 2 nitrogen and oxygen atoms in total. The van der Waals surface area contributed by atoms with Crippen molar-refractivity contribution in [1.29, 1.82) is 0 Å². The van der Waals surface area contributed by atoms with Gasteiger partial charge in [0.05, 0.1) is 0 Å². The maximum absolute atomic E-state index is 5.46. The molecule has 102 valence electrons. The second-order valence-electron chi connectivity index (χ2n) is 4.95. The van der Waals surface area contributed by atoms with Gasteiger partial charge in [-0.25, -0.2) is 0 Å². The second-order valence-corrected chi connectivity index (χ2v) is 4.95. The lowest BCUT2D eigenvalue weighted by molar-refractivity contribution is 0.606. The molecule has 0 bridgehead atoms. The molecule has 0 aliphatic heterocycles. The van der Waals surface area contributed by atoms with Crippen molar-refractivity contribution in [2.45, 2.75) is 52.0 Å². The average molecular weight is 248 g/mol. The van der Waals surface area contributed by atoms with Crippen LogP contribution in [0.15, 0.2) is 24.3 Å². The van der Waals surface area contributed by atoms with Gasteiger partial charge in [0, 0.05) is 6.54 Å². The van der Waals surface area contributed by atoms with Gasteiger partial charge in [-0.05, 0) is 49.9 Å². The van der Waals surface area contributed by atoms with Gasteiger partial charge in [-0.1, -0.05) is 44.0 Å². The first kappa shape index (κ1) is 15.2. The van der Waals surface area contributed by atoms with Gasteiger partial charge >= 0.3 is 0 Å². The van der Waals surface area contributed by atoms with Crippen LogP contribution in [0.1, 0.15) is 50.2 Å². The van der Waals surface area contributed by atoms with Crippen LogP contribution in [0.25, 0.3) is 0 Å². The molecule has 0 spiro atoms. The first-order valence-electron chi connectivity index (χ1n) is 7.35. The number of unbranched alkanes of at least 4 members (excludes halogenated alkanes) is 3. The minimum atomic E-state index is 0.819. The van der Waals surface area contributed by atoms with E-state index in [0.29, 0.717) is 0 Å². The van der Waals surface area contributed by atoms with Crippen molar-refractivity contribution in [3.8, 4) is 0 Å². The number of hydrogen-bond acceptors (Lipinski definition) is 2. The zero-order valence-electron chi connectivity index (χ0n) is 11.8. The summed E-state index contributed by atoms with van der Waals surface area (Å²) in [5.74, 6) is 0. The van der Waals surface area contributed by atoms with E-state index >= 15 is 0 Å². The molecule has 0 radical (unpaired) electrons. The van der Waals surface area contributed by atoms with E-state index in [4.69, 9.17) is 5.73 Å². The summed E-state index contributed by atoms with van der Waals surface area (Å²) >= 11 is 0. The van der Waals surface area contributed by atoms with E-state index in [1.54, 1.807) is 0 Å². The van der Waals surface area contributed by atoms with Gasteiger partial charge in [-0.3, -0.25) is 0 Å². The number of hydrogen-bond donors (Lipinski definition) is 2. The van der Waals surface area contributed by atoms with Gasteiger partial charge in [-0.2, -0.15) is 0 Å². The lowest BCUT2D eigenvalue weighted by Gasteiger charge is -2.06. The average Bonchev–Trinajstić information content (AvgIpc) is 2.42. The zero-order chi connectivity index (χ0) is 13.1. The fourth-order valence-corrected chi connectivity index (χ4v) is 2.01. The molecule has 2 heteroatoms. The summed E-state index contributed by atoms with van der Waals surface area (Å²) in [5.41, 5.74) is 8.31. The van der Waals surface area contributed by atoms with E-state index < -0.39 is 0 Å². The molecule has 0 aromatic heterocycles. The summed E-state index contributed by atoms with van der Waals surface area (Å²) in [7, 11) is 0. The van der Waals surface area contributed by atoms with Crippen LogP contribution in [-0.4, -0.2) is 13.1 Å². The van der Waals surface area contributed by atoms with Gasteiger partial charge in [0.25, 0.3) is 0 Å². The summed E-state index contributed by atoms with van der Waals surface area (Å²) in [5, 5.41) is 3.48. The first-order valence-corrected chi connectivity index (χ1v) is 7.35. The number of nitrogens with two attached hydrogens (primary N) is 1. The van der Waals surface area contributed by atoms with Gasteiger partial charge in [0.2, 0.25) is 0 Å². The van der Waals surface area contributed by atoms with Crippen molar-refractivity contribution in [2.75, 3.05) is 13.1 Å². The summed E-state index contributed by atoms with van der Waals surface area (Å²) in [4.78, 5) is 0. The van der Waals surface area contributed by atoms with Crippen LogP contribution in [0.5, 0.6) is 0 Å². The summed E-state index contributed by atoms with van der Waals surface area (Å²) in [6.45, 7) is 5.14. The maximum Gasteiger partial charge on any atom is 0.0205 e. The quantitative estimate of drug-likeness (QED) is 0.624. The molecule has 0 aliphatic carbocycles. The second kappa shape index (κ2) is 10.1. The van der Waals surface area contributed by atoms with Crippen LogP contribution in [0, 0.1) is 0 Å². The van der Waals surface area contributed by atoms with Gasteiger partial charge in [0.1, 0.15) is 0 Å². The monoisotopic (exact) mass is 248 g/mol. The third-order valence-electron chi connectivity index (χ3n) is 3.23. The molecule has 0 heterocycles. The molecule has 0 saturated heterocycles. The predicted octanol–water partition coefficient (Wildman–Crippen LogP) is 3.25. The normalized spacial score (nSPS) is 10.8. The fraction of sp³-hybridized carbons (Fsp3) is 0.625. The Hall–Kier alpha value is -0.860. The molecule has 0 aliphatic rings. The maximum atomic E-state index is 5.46. The van der Waals surface area contributed by atoms with Crippen LogP contribution in [0.4, 0.5) is 0 Å². The minimum absolute atomic E-state index is 0.819. The van der Waals surface area contributed by atoms with Crippen molar-refractivity contribution in [3.63, 3.8) is 0 Å². The van der Waals surface area contributed by atoms with Crippen LogP contribution in [0.3, 0.4) is 0 Å². The standard InChI is InChI=1S/C16H28N2/c1-2-3-7-15-8-10-16(11-9-15)14-18-13-6-4-5-12-17/h8-11,18H,2-7,12-14,17H2,1H3. The SMILES string of the molecule is CCCCc1ccc(CNCCCCCN)cc1. The Morgan fingerprint density at radius 2 is 1.67 bits per heavy atom. The molecule has 0 amide bonds. The smallest absolute Gasteiger partial charge is 0.0205 e. The largest absolute Gasteiger partial charge is 0.330 e. The number of nitrogens with one attached hydrogen (secondary N) is 1. The number of benzene rings is 1. The molecule has 1 rings (SSSR count). The molecule has 1 aromatic rings. The minimum Gasteiger partial charge on any atom is -0.330 e. The van der Waals surface area contributed by atoms with Crippen molar-refractivity contribution < 1.29 is 0 Å². The van der Waals surface area contributed by atoms with E-state index in [9.17, 15) is 0 Å². The Morgan fingerprint density at radius 3 is 2.33 bits per heavy atom. The van der Waals surface area contributed by atoms with E-state index in [2.05, 4.69) is 36.5 Å². The van der Waals surface area contributed by atoms with E-state index in [0.717, 1.165) is 26.1 Å². The highest BCUT2D eigenvalue weighted by Crippen LogP contribution is 2.07. The summed E-state index contributed by atoms with van der Waals surface area (Å²) < 4.78 is 0. The highest BCUT2D eigenvalue weighted by Gasteiger charge is 1.95. The highest BCUT2D eigenvalue weighted by molar-refractivity contribution is 5.22. The van der Waals surface area contributed by atoms with Crippen molar-refractivity contribution in [1.82, 2.24) is 5.32 Å². The third kappa shape index (κ3) is 6.77. The summed E-state index contributed by atoms with van der Waals surface area (Å²) in [6.07, 6.45) is 7.38. The van der Waals surface area contributed by atoms with Crippen molar-refractivity contribution >= 4 is 0 Å². The lowest BCUT2D eigenvalue weighted by Crippen LogP contribution is -2.15. The molecule has 0 unspecified atom stereocenters. The molecule has 1 aromatic carbocycles.